The van der Waals surface area contributed by atoms with Crippen LogP contribution in [-0.4, -0.2) is 46.3 Å². The van der Waals surface area contributed by atoms with E-state index in [2.05, 4.69) is 28.3 Å². The second kappa shape index (κ2) is 8.84. The first kappa shape index (κ1) is 18.5. The van der Waals surface area contributed by atoms with E-state index in [1.165, 1.54) is 12.8 Å². The summed E-state index contributed by atoms with van der Waals surface area (Å²) in [5, 5.41) is 16.2. The molecule has 6 nitrogen and oxygen atoms in total. The van der Waals surface area contributed by atoms with E-state index in [-0.39, 0.29) is 5.91 Å². The fourth-order valence-corrected chi connectivity index (χ4v) is 3.37. The number of nitrogens with zero attached hydrogens (tertiary/aromatic N) is 4. The quantitative estimate of drug-likeness (QED) is 0.790. The summed E-state index contributed by atoms with van der Waals surface area (Å²) in [6, 6.07) is 2.55. The van der Waals surface area contributed by atoms with Crippen LogP contribution in [-0.2, 0) is 17.8 Å². The Morgan fingerprint density at radius 3 is 2.75 bits per heavy atom. The highest BCUT2D eigenvalue weighted by Crippen LogP contribution is 2.16. The number of amides is 1. The van der Waals surface area contributed by atoms with E-state index in [0.29, 0.717) is 31.8 Å². The van der Waals surface area contributed by atoms with Crippen molar-refractivity contribution in [3.05, 3.63) is 17.0 Å². The zero-order chi connectivity index (χ0) is 17.5. The van der Waals surface area contributed by atoms with E-state index in [1.807, 2.05) is 18.5 Å². The Morgan fingerprint density at radius 2 is 2.08 bits per heavy atom. The molecular weight excluding hydrogens is 302 g/mol. The summed E-state index contributed by atoms with van der Waals surface area (Å²) < 4.78 is 1.88. The number of aryl methyl sites for hydroxylation is 2. The number of hydrogen-bond donors (Lipinski definition) is 1. The van der Waals surface area contributed by atoms with Gasteiger partial charge in [-0.3, -0.25) is 14.4 Å². The monoisotopic (exact) mass is 331 g/mol. The lowest BCUT2D eigenvalue weighted by Crippen LogP contribution is -2.40. The molecule has 2 heterocycles. The van der Waals surface area contributed by atoms with Crippen LogP contribution in [0.25, 0.3) is 0 Å². The van der Waals surface area contributed by atoms with Gasteiger partial charge in [0.2, 0.25) is 5.91 Å². The van der Waals surface area contributed by atoms with Crippen molar-refractivity contribution in [1.29, 1.82) is 5.26 Å². The van der Waals surface area contributed by atoms with E-state index in [0.717, 1.165) is 36.6 Å². The zero-order valence-electron chi connectivity index (χ0n) is 15.1. The van der Waals surface area contributed by atoms with Gasteiger partial charge in [0.1, 0.15) is 0 Å². The number of likely N-dealkylation sites (tertiary alicyclic amines) is 1. The van der Waals surface area contributed by atoms with Crippen LogP contribution in [0.3, 0.4) is 0 Å². The highest BCUT2D eigenvalue weighted by Gasteiger charge is 2.18. The normalized spacial score (nSPS) is 16.1. The molecule has 0 spiro atoms. The fraction of sp³-hybridized carbons (Fsp3) is 0.722. The van der Waals surface area contributed by atoms with Crippen molar-refractivity contribution < 1.29 is 4.79 Å². The van der Waals surface area contributed by atoms with Gasteiger partial charge in [-0.1, -0.05) is 0 Å². The first-order valence-corrected chi connectivity index (χ1v) is 8.93. The van der Waals surface area contributed by atoms with Crippen LogP contribution in [0.1, 0.15) is 49.6 Å². The van der Waals surface area contributed by atoms with Crippen LogP contribution < -0.4 is 5.32 Å². The standard InChI is InChI=1S/C18H29N5O/c1-14(22-10-4-5-11-22)13-20-18(24)8-7-17-15(2)21-23(16(17)3)12-6-9-19/h14H,4-8,10-13H2,1-3H3,(H,20,24)/t14-/m1/s1. The lowest BCUT2D eigenvalue weighted by molar-refractivity contribution is -0.121. The second-order valence-electron chi connectivity index (χ2n) is 6.68. The molecule has 24 heavy (non-hydrogen) atoms. The number of carbonyl (C=O) groups excluding carboxylic acids is 1. The molecular formula is C18H29N5O. The lowest BCUT2D eigenvalue weighted by Gasteiger charge is -2.23. The SMILES string of the molecule is Cc1nn(CCC#N)c(C)c1CCC(=O)NC[C@@H](C)N1CCCC1. The third-order valence-corrected chi connectivity index (χ3v) is 4.93. The van der Waals surface area contributed by atoms with Gasteiger partial charge in [-0.2, -0.15) is 10.4 Å². The van der Waals surface area contributed by atoms with Crippen LogP contribution in [0, 0.1) is 25.2 Å². The summed E-state index contributed by atoms with van der Waals surface area (Å²) in [5.41, 5.74) is 3.17. The van der Waals surface area contributed by atoms with Gasteiger partial charge in [0, 0.05) is 24.7 Å². The smallest absolute Gasteiger partial charge is 0.220 e. The fourth-order valence-electron chi connectivity index (χ4n) is 3.37. The molecule has 0 radical (unpaired) electrons. The Kier molecular flexibility index (Phi) is 6.80. The molecule has 0 bridgehead atoms. The van der Waals surface area contributed by atoms with Crippen LogP contribution in [0.5, 0.6) is 0 Å². The molecule has 1 atom stereocenters. The van der Waals surface area contributed by atoms with Gasteiger partial charge in [-0.05, 0) is 58.7 Å². The summed E-state index contributed by atoms with van der Waals surface area (Å²) in [6.07, 6.45) is 4.18. The van der Waals surface area contributed by atoms with Gasteiger partial charge in [-0.25, -0.2) is 0 Å². The minimum Gasteiger partial charge on any atom is -0.355 e. The number of hydrogen-bond acceptors (Lipinski definition) is 4. The van der Waals surface area contributed by atoms with E-state index in [1.54, 1.807) is 0 Å². The Labute approximate surface area is 144 Å². The maximum atomic E-state index is 12.1. The Hall–Kier alpha value is -1.87. The van der Waals surface area contributed by atoms with E-state index in [9.17, 15) is 4.79 Å². The van der Waals surface area contributed by atoms with Crippen molar-refractivity contribution in [1.82, 2.24) is 20.0 Å². The second-order valence-corrected chi connectivity index (χ2v) is 6.68. The summed E-state index contributed by atoms with van der Waals surface area (Å²) in [6.45, 7) is 9.80. The van der Waals surface area contributed by atoms with Crippen LogP contribution >= 0.6 is 0 Å². The molecule has 6 heteroatoms. The molecule has 1 amide bonds. The van der Waals surface area contributed by atoms with Crippen LogP contribution in [0.2, 0.25) is 0 Å². The van der Waals surface area contributed by atoms with Gasteiger partial charge in [0.15, 0.2) is 0 Å². The molecule has 1 N–H and O–H groups in total. The van der Waals surface area contributed by atoms with Gasteiger partial charge in [-0.15, -0.1) is 0 Å². The number of nitrogens with one attached hydrogen (secondary N) is 1. The average molecular weight is 331 g/mol. The highest BCUT2D eigenvalue weighted by molar-refractivity contribution is 5.76. The first-order chi connectivity index (χ1) is 11.5. The molecule has 1 aliphatic heterocycles. The van der Waals surface area contributed by atoms with Crippen molar-refractivity contribution in [3.63, 3.8) is 0 Å². The molecule has 132 valence electrons. The maximum Gasteiger partial charge on any atom is 0.220 e. The van der Waals surface area contributed by atoms with Crippen molar-refractivity contribution in [2.75, 3.05) is 19.6 Å². The topological polar surface area (TPSA) is 73.9 Å². The highest BCUT2D eigenvalue weighted by atomic mass is 16.1. The number of nitriles is 1. The molecule has 0 saturated carbocycles. The molecule has 1 aromatic heterocycles. The number of aromatic nitrogens is 2. The largest absolute Gasteiger partial charge is 0.355 e. The molecule has 1 fully saturated rings. The minimum atomic E-state index is 0.102. The van der Waals surface area contributed by atoms with E-state index < -0.39 is 0 Å². The third kappa shape index (κ3) is 4.81. The minimum absolute atomic E-state index is 0.102. The van der Waals surface area contributed by atoms with Crippen molar-refractivity contribution in [2.45, 2.75) is 65.5 Å². The van der Waals surface area contributed by atoms with Crippen molar-refractivity contribution in [3.8, 4) is 6.07 Å². The lowest BCUT2D eigenvalue weighted by atomic mass is 10.1. The average Bonchev–Trinajstić information content (AvgIpc) is 3.18. The van der Waals surface area contributed by atoms with Gasteiger partial charge >= 0.3 is 0 Å². The molecule has 1 aliphatic rings. The molecule has 1 aromatic rings. The summed E-state index contributed by atoms with van der Waals surface area (Å²) in [4.78, 5) is 14.6. The number of rotatable bonds is 8. The van der Waals surface area contributed by atoms with Crippen molar-refractivity contribution in [2.24, 2.45) is 0 Å². The van der Waals surface area contributed by atoms with Gasteiger partial charge in [0.05, 0.1) is 24.7 Å². The molecule has 2 rings (SSSR count). The predicted octanol–water partition coefficient (Wildman–Crippen LogP) is 1.95. The third-order valence-electron chi connectivity index (χ3n) is 4.93. The molecule has 1 saturated heterocycles. The first-order valence-electron chi connectivity index (χ1n) is 8.93. The van der Waals surface area contributed by atoms with E-state index in [4.69, 9.17) is 5.26 Å². The number of carbonyl (C=O) groups is 1. The van der Waals surface area contributed by atoms with Gasteiger partial charge in [0.25, 0.3) is 0 Å². The molecule has 0 aromatic carbocycles. The summed E-state index contributed by atoms with van der Waals surface area (Å²) in [5.74, 6) is 0.102. The zero-order valence-corrected chi connectivity index (χ0v) is 15.1. The molecule has 0 aliphatic carbocycles. The Bertz CT molecular complexity index is 595. The van der Waals surface area contributed by atoms with Crippen LogP contribution in [0.15, 0.2) is 0 Å². The molecule has 0 unspecified atom stereocenters. The van der Waals surface area contributed by atoms with Crippen LogP contribution in [0.4, 0.5) is 0 Å². The Balaban J connectivity index is 1.79. The summed E-state index contributed by atoms with van der Waals surface area (Å²) in [7, 11) is 0. The van der Waals surface area contributed by atoms with E-state index >= 15 is 0 Å². The predicted molar refractivity (Wildman–Crippen MR) is 93.5 cm³/mol. The Morgan fingerprint density at radius 1 is 1.38 bits per heavy atom. The van der Waals surface area contributed by atoms with Crippen molar-refractivity contribution >= 4 is 5.91 Å². The van der Waals surface area contributed by atoms with Gasteiger partial charge < -0.3 is 5.32 Å². The maximum absolute atomic E-state index is 12.1. The summed E-state index contributed by atoms with van der Waals surface area (Å²) >= 11 is 0.